The van der Waals surface area contributed by atoms with Crippen molar-refractivity contribution in [2.45, 2.75) is 44.6 Å². The van der Waals surface area contributed by atoms with Crippen molar-refractivity contribution < 1.29 is 28.8 Å². The zero-order chi connectivity index (χ0) is 16.2. The molecular weight excluding hydrogens is 324 g/mol. The number of carbonyl (C=O) groups excluding carboxylic acids is 6. The summed E-state index contributed by atoms with van der Waals surface area (Å²) < 4.78 is 0. The maximum absolute atomic E-state index is 8.35. The predicted octanol–water partition coefficient (Wildman–Crippen LogP) is 3.22. The molecule has 0 bridgehead atoms. The Morgan fingerprint density at radius 2 is 0.292 bits per heavy atom. The highest BCUT2D eigenvalue weighted by Gasteiger charge is 1.05. The van der Waals surface area contributed by atoms with E-state index < -0.39 is 0 Å². The minimum Gasteiger partial charge on any atom is -0.222 e. The second-order valence-corrected chi connectivity index (χ2v) is 0.612. The Labute approximate surface area is 143 Å². The molecule has 0 aliphatic rings. The molecule has 0 unspecified atom stereocenters. The summed E-state index contributed by atoms with van der Waals surface area (Å²) in [6.45, 7) is 0. The third-order valence-electron chi connectivity index (χ3n) is 0. The van der Waals surface area contributed by atoms with E-state index in [1.807, 2.05) is 0 Å². The molecule has 0 aromatic heterocycles. The summed E-state index contributed by atoms with van der Waals surface area (Å²) in [5.41, 5.74) is 0. The number of hydrogen-bond acceptors (Lipinski definition) is 12. The normalized spacial score (nSPS) is 2.00. The minimum absolute atomic E-state index is 0. The maximum Gasteiger partial charge on any atom is 0.231 e. The number of hydrogen-bond donors (Lipinski definition) is 6. The third-order valence-corrected chi connectivity index (χ3v) is 0. The van der Waals surface area contributed by atoms with Gasteiger partial charge in [0.1, 0.15) is 0 Å². The Morgan fingerprint density at radius 3 is 0.292 bits per heavy atom. The van der Waals surface area contributed by atoms with Gasteiger partial charge in [0.2, 0.25) is 36.5 Å². The SMILES string of the molecule is C.C.C.C.C.C.N=C=O.N=C=O.N=C=O.N=C=O.N=C=O.N=C=O. The Hall–Kier alpha value is -3.72. The van der Waals surface area contributed by atoms with Gasteiger partial charge in [-0.25, -0.2) is 61.2 Å². The van der Waals surface area contributed by atoms with Crippen molar-refractivity contribution in [1.29, 1.82) is 32.5 Å². The highest BCUT2D eigenvalue weighted by atomic mass is 16.1. The summed E-state index contributed by atoms with van der Waals surface area (Å²) in [7, 11) is 0. The molecule has 0 aliphatic carbocycles. The van der Waals surface area contributed by atoms with Crippen LogP contribution < -0.4 is 0 Å². The van der Waals surface area contributed by atoms with Gasteiger partial charge in [-0.15, -0.1) is 0 Å². The van der Waals surface area contributed by atoms with Gasteiger partial charge >= 0.3 is 0 Å². The van der Waals surface area contributed by atoms with Crippen molar-refractivity contribution in [2.75, 3.05) is 0 Å². The topological polar surface area (TPSA) is 246 Å². The smallest absolute Gasteiger partial charge is 0.222 e. The second-order valence-electron chi connectivity index (χ2n) is 0.612. The van der Waals surface area contributed by atoms with Crippen LogP contribution in [-0.2, 0) is 28.8 Å². The molecule has 0 heterocycles. The molecule has 6 N–H and O–H groups in total. The van der Waals surface area contributed by atoms with Gasteiger partial charge in [-0.3, -0.25) is 0 Å². The van der Waals surface area contributed by atoms with Crippen molar-refractivity contribution in [3.63, 3.8) is 0 Å². The van der Waals surface area contributed by atoms with Gasteiger partial charge < -0.3 is 0 Å². The lowest BCUT2D eigenvalue weighted by Crippen LogP contribution is -1.16. The molecule has 12 heteroatoms. The van der Waals surface area contributed by atoms with Crippen LogP contribution in [0.2, 0.25) is 0 Å². The molecule has 0 saturated carbocycles. The molecule has 0 aromatic carbocycles. The van der Waals surface area contributed by atoms with E-state index in [0.29, 0.717) is 0 Å². The maximum atomic E-state index is 8.35. The van der Waals surface area contributed by atoms with Crippen LogP contribution in [0, 0.1) is 32.5 Å². The molecule has 0 fully saturated rings. The van der Waals surface area contributed by atoms with E-state index in [4.69, 9.17) is 61.2 Å². The average Bonchev–Trinajstić information content (AvgIpc) is 2.23. The van der Waals surface area contributed by atoms with Gasteiger partial charge in [0.15, 0.2) is 0 Å². The van der Waals surface area contributed by atoms with Crippen molar-refractivity contribution >= 4 is 36.5 Å². The monoisotopic (exact) mass is 354 g/mol. The fourth-order valence-electron chi connectivity index (χ4n) is 0. The van der Waals surface area contributed by atoms with E-state index in [9.17, 15) is 0 Å². The molecule has 0 aromatic rings. The molecule has 0 rings (SSSR count). The average molecular weight is 354 g/mol. The van der Waals surface area contributed by atoms with Crippen molar-refractivity contribution in [2.24, 2.45) is 0 Å². The molecule has 0 radical (unpaired) electrons. The van der Waals surface area contributed by atoms with Gasteiger partial charge in [0, 0.05) is 0 Å². The molecule has 144 valence electrons. The standard InChI is InChI=1S/6CHNO.6CH4/c6*2-1-3;;;;;;/h6*2H;6*1H4. The largest absolute Gasteiger partial charge is 0.231 e. The minimum atomic E-state index is 0. The van der Waals surface area contributed by atoms with Crippen LogP contribution in [0.3, 0.4) is 0 Å². The first-order valence-electron chi connectivity index (χ1n) is 2.72. The fourth-order valence-corrected chi connectivity index (χ4v) is 0. The number of nitrogens with one attached hydrogen (secondary N) is 6. The lowest BCUT2D eigenvalue weighted by molar-refractivity contribution is 0.562. The molecule has 12 nitrogen and oxygen atoms in total. The van der Waals surface area contributed by atoms with E-state index in [2.05, 4.69) is 0 Å². The van der Waals surface area contributed by atoms with E-state index in [-0.39, 0.29) is 44.6 Å². The summed E-state index contributed by atoms with van der Waals surface area (Å²) in [5.74, 6) is 0. The summed E-state index contributed by atoms with van der Waals surface area (Å²) in [5, 5.41) is 32.4. The van der Waals surface area contributed by atoms with Crippen molar-refractivity contribution in [1.82, 2.24) is 0 Å². The second kappa shape index (κ2) is 1240. The van der Waals surface area contributed by atoms with Gasteiger partial charge in [-0.1, -0.05) is 44.6 Å². The molecule has 0 atom stereocenters. The highest BCUT2D eigenvalue weighted by molar-refractivity contribution is 5.27. The third kappa shape index (κ3) is 394. The summed E-state index contributed by atoms with van der Waals surface area (Å²) in [6.07, 6.45) is 4.50. The Balaban J connectivity index is -0.00000000686. The molecule has 0 spiro atoms. The van der Waals surface area contributed by atoms with Crippen LogP contribution in [0.25, 0.3) is 0 Å². The number of rotatable bonds is 0. The summed E-state index contributed by atoms with van der Waals surface area (Å²) >= 11 is 0. The van der Waals surface area contributed by atoms with E-state index in [0.717, 1.165) is 36.5 Å². The Kier molecular flexibility index (Phi) is 5680. The van der Waals surface area contributed by atoms with Crippen LogP contribution in [0.4, 0.5) is 0 Å². The Morgan fingerprint density at radius 1 is 0.292 bits per heavy atom. The van der Waals surface area contributed by atoms with Crippen LogP contribution in [0.5, 0.6) is 0 Å². The van der Waals surface area contributed by atoms with Gasteiger partial charge in [0.25, 0.3) is 0 Å². The lowest BCUT2D eigenvalue weighted by atomic mass is 11.7. The Bertz CT molecular complexity index is 255. The van der Waals surface area contributed by atoms with Gasteiger partial charge in [0.05, 0.1) is 0 Å². The zero-order valence-electron chi connectivity index (χ0n) is 8.45. The molecule has 24 heavy (non-hydrogen) atoms. The highest BCUT2D eigenvalue weighted by Crippen LogP contribution is 0.883. The van der Waals surface area contributed by atoms with Crippen LogP contribution in [0.15, 0.2) is 0 Å². The molecule has 0 saturated heterocycles. The van der Waals surface area contributed by atoms with Crippen molar-refractivity contribution in [3.05, 3.63) is 0 Å². The van der Waals surface area contributed by atoms with Crippen molar-refractivity contribution in [3.8, 4) is 0 Å². The number of isocyanates is 6. The van der Waals surface area contributed by atoms with Gasteiger partial charge in [-0.2, -0.15) is 0 Å². The van der Waals surface area contributed by atoms with E-state index >= 15 is 0 Å². The quantitative estimate of drug-likeness (QED) is 0.281. The van der Waals surface area contributed by atoms with Gasteiger partial charge in [-0.05, 0) is 0 Å². The summed E-state index contributed by atoms with van der Waals surface area (Å²) in [6, 6.07) is 0. The van der Waals surface area contributed by atoms with E-state index in [1.54, 1.807) is 0 Å². The summed E-state index contributed by atoms with van der Waals surface area (Å²) in [4.78, 5) is 50.1. The lowest BCUT2D eigenvalue weighted by Gasteiger charge is -1.02. The zero-order valence-corrected chi connectivity index (χ0v) is 8.45. The molecule has 0 amide bonds. The van der Waals surface area contributed by atoms with Crippen LogP contribution in [-0.4, -0.2) is 36.5 Å². The first-order chi connectivity index (χ1) is 8.49. The predicted molar refractivity (Wildman–Crippen MR) is 90.9 cm³/mol. The fraction of sp³-hybridized carbons (Fsp3) is 0.500. The van der Waals surface area contributed by atoms with Crippen LogP contribution >= 0.6 is 0 Å². The first kappa shape index (κ1) is 110. The first-order valence-corrected chi connectivity index (χ1v) is 2.72. The molecular formula is C12H30N6O6. The molecule has 0 aliphatic heterocycles. The van der Waals surface area contributed by atoms with E-state index in [1.165, 1.54) is 0 Å². The van der Waals surface area contributed by atoms with Crippen LogP contribution in [0.1, 0.15) is 44.6 Å².